The normalized spacial score (nSPS) is 11.8. The molecule has 0 fully saturated rings. The summed E-state index contributed by atoms with van der Waals surface area (Å²) in [5, 5.41) is 10.6. The molecule has 134 valence electrons. The Balaban J connectivity index is 1.73. The molecule has 0 saturated heterocycles. The molecule has 9 heteroatoms. The van der Waals surface area contributed by atoms with Gasteiger partial charge in [-0.1, -0.05) is 40.5 Å². The van der Waals surface area contributed by atoms with Crippen molar-refractivity contribution in [2.45, 2.75) is 12.5 Å². The standard InChI is InChI=1S/C17H15Cl2N5O2/c18-11-3-1-10(2-4-11)9-14(15-23-16(20)26-24-15)22-17(25)21-13-7-5-12(19)6-8-13/h1-8,14H,9H2,(H2,20,23,24)(H2,21,22,25)/t14-/m0/s1. The Morgan fingerprint density at radius 3 is 2.27 bits per heavy atom. The molecule has 1 aromatic heterocycles. The number of nitrogens with zero attached hydrogens (tertiary/aromatic N) is 2. The Kier molecular flexibility index (Phi) is 5.60. The van der Waals surface area contributed by atoms with Crippen molar-refractivity contribution >= 4 is 40.9 Å². The van der Waals surface area contributed by atoms with Gasteiger partial charge < -0.3 is 20.9 Å². The first-order valence-electron chi connectivity index (χ1n) is 7.66. The van der Waals surface area contributed by atoms with Crippen molar-refractivity contribution in [1.29, 1.82) is 0 Å². The molecule has 1 atom stereocenters. The highest BCUT2D eigenvalue weighted by Crippen LogP contribution is 2.19. The number of amides is 2. The molecule has 2 aromatic carbocycles. The molecule has 7 nitrogen and oxygen atoms in total. The third-order valence-electron chi connectivity index (χ3n) is 3.53. The number of benzene rings is 2. The van der Waals surface area contributed by atoms with E-state index in [2.05, 4.69) is 20.8 Å². The number of carbonyl (C=O) groups is 1. The first-order chi connectivity index (χ1) is 12.5. The highest BCUT2D eigenvalue weighted by atomic mass is 35.5. The van der Waals surface area contributed by atoms with Crippen LogP contribution >= 0.6 is 23.2 Å². The van der Waals surface area contributed by atoms with Gasteiger partial charge in [-0.2, -0.15) is 4.98 Å². The molecular weight excluding hydrogens is 377 g/mol. The van der Waals surface area contributed by atoms with Crippen LogP contribution in [0.15, 0.2) is 53.1 Å². The van der Waals surface area contributed by atoms with E-state index < -0.39 is 12.1 Å². The lowest BCUT2D eigenvalue weighted by Gasteiger charge is -2.16. The summed E-state index contributed by atoms with van der Waals surface area (Å²) >= 11 is 11.7. The van der Waals surface area contributed by atoms with Gasteiger partial charge in [0, 0.05) is 22.2 Å². The minimum absolute atomic E-state index is 0.0685. The van der Waals surface area contributed by atoms with E-state index in [9.17, 15) is 4.79 Å². The Morgan fingerprint density at radius 1 is 1.08 bits per heavy atom. The molecule has 0 aliphatic rings. The van der Waals surface area contributed by atoms with Crippen molar-refractivity contribution < 1.29 is 9.32 Å². The van der Waals surface area contributed by atoms with Crippen LogP contribution in [0.1, 0.15) is 17.4 Å². The van der Waals surface area contributed by atoms with Crippen molar-refractivity contribution in [1.82, 2.24) is 15.5 Å². The van der Waals surface area contributed by atoms with Gasteiger partial charge in [0.2, 0.25) is 0 Å². The first-order valence-corrected chi connectivity index (χ1v) is 8.42. The second-order valence-corrected chi connectivity index (χ2v) is 6.35. The number of nitrogen functional groups attached to an aromatic ring is 1. The highest BCUT2D eigenvalue weighted by molar-refractivity contribution is 6.30. The fourth-order valence-corrected chi connectivity index (χ4v) is 2.56. The van der Waals surface area contributed by atoms with Gasteiger partial charge in [-0.3, -0.25) is 0 Å². The van der Waals surface area contributed by atoms with Crippen molar-refractivity contribution in [3.05, 3.63) is 70.0 Å². The SMILES string of the molecule is Nc1nc([C@H](Cc2ccc(Cl)cc2)NC(=O)Nc2ccc(Cl)cc2)no1. The summed E-state index contributed by atoms with van der Waals surface area (Å²) in [5.74, 6) is 0.281. The van der Waals surface area contributed by atoms with E-state index in [1.54, 1.807) is 36.4 Å². The van der Waals surface area contributed by atoms with E-state index in [1.165, 1.54) is 0 Å². The maximum Gasteiger partial charge on any atom is 0.319 e. The maximum absolute atomic E-state index is 12.3. The molecule has 2 amide bonds. The van der Waals surface area contributed by atoms with Crippen LogP contribution in [0.25, 0.3) is 0 Å². The molecular formula is C17H15Cl2N5O2. The Morgan fingerprint density at radius 2 is 1.69 bits per heavy atom. The molecule has 0 unspecified atom stereocenters. The monoisotopic (exact) mass is 391 g/mol. The molecule has 0 aliphatic carbocycles. The molecule has 3 aromatic rings. The van der Waals surface area contributed by atoms with Crippen LogP contribution in [0, 0.1) is 0 Å². The van der Waals surface area contributed by atoms with Gasteiger partial charge in [0.1, 0.15) is 0 Å². The number of urea groups is 1. The lowest BCUT2D eigenvalue weighted by Crippen LogP contribution is -2.34. The molecule has 4 N–H and O–H groups in total. The number of nitrogens with one attached hydrogen (secondary N) is 2. The Bertz CT molecular complexity index is 881. The van der Waals surface area contributed by atoms with Crippen LogP contribution in [-0.2, 0) is 6.42 Å². The molecule has 0 spiro atoms. The zero-order chi connectivity index (χ0) is 18.5. The van der Waals surface area contributed by atoms with Crippen LogP contribution in [0.2, 0.25) is 10.0 Å². The summed E-state index contributed by atoms with van der Waals surface area (Å²) in [7, 11) is 0. The first kappa shape index (κ1) is 18.0. The van der Waals surface area contributed by atoms with Crippen molar-refractivity contribution in [3.63, 3.8) is 0 Å². The summed E-state index contributed by atoms with van der Waals surface area (Å²) in [6.07, 6.45) is 0.435. The van der Waals surface area contributed by atoms with Gasteiger partial charge in [-0.05, 0) is 42.0 Å². The van der Waals surface area contributed by atoms with E-state index in [-0.39, 0.29) is 11.8 Å². The van der Waals surface area contributed by atoms with E-state index in [0.29, 0.717) is 22.2 Å². The van der Waals surface area contributed by atoms with Gasteiger partial charge in [0.05, 0.1) is 6.04 Å². The van der Waals surface area contributed by atoms with Gasteiger partial charge in [0.25, 0.3) is 0 Å². The van der Waals surface area contributed by atoms with Gasteiger partial charge in [-0.25, -0.2) is 4.79 Å². The molecule has 1 heterocycles. The number of rotatable bonds is 5. The second kappa shape index (κ2) is 8.07. The molecule has 3 rings (SSSR count). The summed E-state index contributed by atoms with van der Waals surface area (Å²) in [6.45, 7) is 0. The number of hydrogen-bond acceptors (Lipinski definition) is 5. The number of anilines is 2. The van der Waals surface area contributed by atoms with Gasteiger partial charge >= 0.3 is 12.0 Å². The lowest BCUT2D eigenvalue weighted by molar-refractivity contribution is 0.247. The average Bonchev–Trinajstić information content (AvgIpc) is 3.05. The quantitative estimate of drug-likeness (QED) is 0.607. The van der Waals surface area contributed by atoms with E-state index in [0.717, 1.165) is 5.56 Å². The van der Waals surface area contributed by atoms with Crippen LogP contribution in [0.5, 0.6) is 0 Å². The van der Waals surface area contributed by atoms with Crippen LogP contribution < -0.4 is 16.4 Å². The minimum Gasteiger partial charge on any atom is -0.351 e. The minimum atomic E-state index is -0.537. The fraction of sp³-hybridized carbons (Fsp3) is 0.118. The van der Waals surface area contributed by atoms with Gasteiger partial charge in [-0.15, -0.1) is 0 Å². The molecule has 0 radical (unpaired) electrons. The fourth-order valence-electron chi connectivity index (χ4n) is 2.31. The predicted molar refractivity (Wildman–Crippen MR) is 100 cm³/mol. The number of aromatic nitrogens is 2. The van der Waals surface area contributed by atoms with E-state index in [1.807, 2.05) is 12.1 Å². The smallest absolute Gasteiger partial charge is 0.319 e. The number of carbonyl (C=O) groups excluding carboxylic acids is 1. The average molecular weight is 392 g/mol. The third kappa shape index (κ3) is 4.87. The van der Waals surface area contributed by atoms with Crippen LogP contribution in [0.4, 0.5) is 16.5 Å². The zero-order valence-corrected chi connectivity index (χ0v) is 15.0. The summed E-state index contributed by atoms with van der Waals surface area (Å²) in [5.41, 5.74) is 7.04. The Hall–Kier alpha value is -2.77. The second-order valence-electron chi connectivity index (χ2n) is 5.48. The summed E-state index contributed by atoms with van der Waals surface area (Å²) < 4.78 is 4.82. The number of halogens is 2. The van der Waals surface area contributed by atoms with Gasteiger partial charge in [0.15, 0.2) is 5.82 Å². The van der Waals surface area contributed by atoms with Crippen molar-refractivity contribution in [3.8, 4) is 0 Å². The number of hydrogen-bond donors (Lipinski definition) is 3. The summed E-state index contributed by atoms with van der Waals surface area (Å²) in [6, 6.07) is 13.0. The molecule has 26 heavy (non-hydrogen) atoms. The zero-order valence-electron chi connectivity index (χ0n) is 13.4. The Labute approximate surface area is 159 Å². The van der Waals surface area contributed by atoms with E-state index >= 15 is 0 Å². The van der Waals surface area contributed by atoms with Crippen LogP contribution in [0.3, 0.4) is 0 Å². The van der Waals surface area contributed by atoms with E-state index in [4.69, 9.17) is 33.5 Å². The van der Waals surface area contributed by atoms with Crippen molar-refractivity contribution in [2.24, 2.45) is 0 Å². The molecule has 0 bridgehead atoms. The topological polar surface area (TPSA) is 106 Å². The van der Waals surface area contributed by atoms with Crippen LogP contribution in [-0.4, -0.2) is 16.2 Å². The summed E-state index contributed by atoms with van der Waals surface area (Å²) in [4.78, 5) is 16.3. The highest BCUT2D eigenvalue weighted by Gasteiger charge is 2.21. The molecule has 0 aliphatic heterocycles. The lowest BCUT2D eigenvalue weighted by atomic mass is 10.1. The predicted octanol–water partition coefficient (Wildman–Crippen LogP) is 4.06. The molecule has 0 saturated carbocycles. The maximum atomic E-state index is 12.3. The van der Waals surface area contributed by atoms with Crippen molar-refractivity contribution in [2.75, 3.05) is 11.1 Å². The third-order valence-corrected chi connectivity index (χ3v) is 4.03. The number of nitrogens with two attached hydrogens (primary N) is 1. The largest absolute Gasteiger partial charge is 0.351 e.